The van der Waals surface area contributed by atoms with Crippen molar-refractivity contribution in [1.82, 2.24) is 19.1 Å². The zero-order chi connectivity index (χ0) is 32.9. The highest BCUT2D eigenvalue weighted by atomic mass is 32.2. The minimum atomic E-state index is -5.03. The van der Waals surface area contributed by atoms with Gasteiger partial charge in [0.05, 0.1) is 28.6 Å². The Balaban J connectivity index is 1.65. The quantitative estimate of drug-likeness (QED) is 0.142. The van der Waals surface area contributed by atoms with Crippen LogP contribution in [0.25, 0.3) is 11.8 Å². The molecule has 8 nitrogen and oxygen atoms in total. The van der Waals surface area contributed by atoms with Gasteiger partial charge in [0.15, 0.2) is 10.8 Å². The third kappa shape index (κ3) is 6.08. The standard InChI is InChI=1S/C29H24F7N5O3S/c1-2-25(37)45(43,44)40(16-28(31,32)33)22-6-3-18-12-24-17(15-39-41(24)21-7-4-20(30)5-8-21)13-27(18,14-22)26(42)23-11-19(9-10-38-23)29(34,35)36/h2,4-5,7-12,15,22,37H,1,3,6,13-14,16H2/t22-,27-/m0/s1. The van der Waals surface area contributed by atoms with Crippen molar-refractivity contribution >= 4 is 26.9 Å². The van der Waals surface area contributed by atoms with Gasteiger partial charge >= 0.3 is 12.4 Å². The Bertz CT molecular complexity index is 1810. The summed E-state index contributed by atoms with van der Waals surface area (Å²) in [6.07, 6.45) is -6.65. The summed E-state index contributed by atoms with van der Waals surface area (Å²) < 4.78 is 123. The molecule has 1 saturated carbocycles. The van der Waals surface area contributed by atoms with E-state index in [0.717, 1.165) is 6.20 Å². The molecule has 2 aromatic heterocycles. The topological polar surface area (TPSA) is 109 Å². The Morgan fingerprint density at radius 1 is 1.16 bits per heavy atom. The van der Waals surface area contributed by atoms with Crippen LogP contribution < -0.4 is 0 Å². The number of aromatic nitrogens is 3. The molecule has 2 atom stereocenters. The fourth-order valence-corrected chi connectivity index (χ4v) is 7.26. The van der Waals surface area contributed by atoms with Gasteiger partial charge in [-0.25, -0.2) is 17.5 Å². The largest absolute Gasteiger partial charge is 0.416 e. The highest BCUT2D eigenvalue weighted by Crippen LogP contribution is 2.51. The second kappa shape index (κ2) is 11.3. The van der Waals surface area contributed by atoms with Gasteiger partial charge < -0.3 is 0 Å². The van der Waals surface area contributed by atoms with E-state index in [0.29, 0.717) is 40.7 Å². The summed E-state index contributed by atoms with van der Waals surface area (Å²) in [4.78, 5) is 18.1. The molecule has 0 amide bonds. The zero-order valence-electron chi connectivity index (χ0n) is 23.2. The average molecular weight is 656 g/mol. The van der Waals surface area contributed by atoms with Crippen molar-refractivity contribution in [3.8, 4) is 5.69 Å². The van der Waals surface area contributed by atoms with Crippen LogP contribution in [0, 0.1) is 16.6 Å². The number of pyridine rings is 1. The van der Waals surface area contributed by atoms with E-state index in [4.69, 9.17) is 5.41 Å². The number of fused-ring (bicyclic) bond motifs is 2. The average Bonchev–Trinajstić information content (AvgIpc) is 3.39. The predicted octanol–water partition coefficient (Wildman–Crippen LogP) is 6.14. The summed E-state index contributed by atoms with van der Waals surface area (Å²) in [5.74, 6) is -1.44. The number of rotatable bonds is 7. The Morgan fingerprint density at radius 3 is 2.47 bits per heavy atom. The Kier molecular flexibility index (Phi) is 8.10. The highest BCUT2D eigenvalue weighted by molar-refractivity contribution is 8.04. The first-order valence-electron chi connectivity index (χ1n) is 13.4. The van der Waals surface area contributed by atoms with Crippen LogP contribution in [0.15, 0.2) is 67.0 Å². The van der Waals surface area contributed by atoms with E-state index >= 15 is 0 Å². The van der Waals surface area contributed by atoms with Gasteiger partial charge in [0.2, 0.25) is 0 Å². The number of carbonyl (C=O) groups excluding carboxylic acids is 1. The number of allylic oxidation sites excluding steroid dienone is 1. The third-order valence-electron chi connectivity index (χ3n) is 7.98. The second-order valence-electron chi connectivity index (χ2n) is 10.8. The zero-order valence-corrected chi connectivity index (χ0v) is 24.0. The molecular weight excluding hydrogens is 631 g/mol. The summed E-state index contributed by atoms with van der Waals surface area (Å²) in [6, 6.07) is 5.05. The Morgan fingerprint density at radius 2 is 1.84 bits per heavy atom. The van der Waals surface area contributed by atoms with E-state index in [2.05, 4.69) is 16.7 Å². The first-order valence-corrected chi connectivity index (χ1v) is 14.8. The molecule has 0 spiro atoms. The molecule has 1 fully saturated rings. The SMILES string of the molecule is C=CC(=N)S(=O)(=O)N(CC(F)(F)F)[C@H]1CCC2=Cc3c(cnn3-c3ccc(F)cc3)C[C@]2(C(=O)c2cc(C(F)(F)F)ccn2)C1. The highest BCUT2D eigenvalue weighted by Gasteiger charge is 2.53. The van der Waals surface area contributed by atoms with Gasteiger partial charge in [0.1, 0.15) is 18.1 Å². The molecule has 2 aliphatic rings. The summed E-state index contributed by atoms with van der Waals surface area (Å²) in [5, 5.41) is 10.9. The first-order chi connectivity index (χ1) is 21.0. The van der Waals surface area contributed by atoms with Crippen LogP contribution in [0.1, 0.15) is 46.6 Å². The van der Waals surface area contributed by atoms with Gasteiger partial charge in [-0.1, -0.05) is 12.2 Å². The van der Waals surface area contributed by atoms with E-state index in [1.54, 1.807) is 6.08 Å². The fraction of sp³-hybridized carbons (Fsp3) is 0.310. The number of halogens is 7. The van der Waals surface area contributed by atoms with Crippen molar-refractivity contribution in [2.24, 2.45) is 5.41 Å². The fourth-order valence-electron chi connectivity index (χ4n) is 5.91. The smallest absolute Gasteiger partial charge is 0.291 e. The van der Waals surface area contributed by atoms with Gasteiger partial charge in [-0.3, -0.25) is 15.2 Å². The van der Waals surface area contributed by atoms with Crippen molar-refractivity contribution in [1.29, 1.82) is 5.41 Å². The number of sulfonamides is 1. The van der Waals surface area contributed by atoms with Crippen molar-refractivity contribution in [3.63, 3.8) is 0 Å². The number of hydrogen-bond acceptors (Lipinski definition) is 6. The molecule has 0 unspecified atom stereocenters. The van der Waals surface area contributed by atoms with Crippen LogP contribution in [0.3, 0.4) is 0 Å². The van der Waals surface area contributed by atoms with Crippen LogP contribution >= 0.6 is 0 Å². The van der Waals surface area contributed by atoms with Gasteiger partial charge in [0.25, 0.3) is 10.0 Å². The number of Topliss-reactive ketones (excluding diaryl/α,β-unsaturated/α-hetero) is 1. The van der Waals surface area contributed by atoms with Gasteiger partial charge in [-0.2, -0.15) is 35.7 Å². The molecule has 16 heteroatoms. The maximum absolute atomic E-state index is 14.3. The predicted molar refractivity (Wildman–Crippen MR) is 148 cm³/mol. The molecule has 1 N–H and O–H groups in total. The maximum Gasteiger partial charge on any atom is 0.416 e. The second-order valence-corrected chi connectivity index (χ2v) is 12.6. The molecule has 2 aliphatic carbocycles. The van der Waals surface area contributed by atoms with Crippen LogP contribution in [0.2, 0.25) is 0 Å². The van der Waals surface area contributed by atoms with Crippen molar-refractivity contribution in [2.75, 3.05) is 6.54 Å². The summed E-state index contributed by atoms with van der Waals surface area (Å²) in [7, 11) is -5.02. The lowest BCUT2D eigenvalue weighted by atomic mass is 9.60. The normalized spacial score (nSPS) is 20.3. The van der Waals surface area contributed by atoms with Crippen molar-refractivity contribution in [3.05, 3.63) is 95.4 Å². The monoisotopic (exact) mass is 655 g/mol. The van der Waals surface area contributed by atoms with Gasteiger partial charge in [-0.15, -0.1) is 0 Å². The number of hydrogen-bond donors (Lipinski definition) is 1. The van der Waals surface area contributed by atoms with E-state index in [9.17, 15) is 43.9 Å². The molecule has 0 saturated heterocycles. The minimum Gasteiger partial charge on any atom is -0.291 e. The Hall–Kier alpha value is -4.18. The molecule has 0 aliphatic heterocycles. The van der Waals surface area contributed by atoms with E-state index in [-0.39, 0.29) is 23.6 Å². The van der Waals surface area contributed by atoms with E-state index in [1.807, 2.05) is 0 Å². The molecular formula is C29H24F7N5O3S. The molecule has 0 bridgehead atoms. The van der Waals surface area contributed by atoms with Gasteiger partial charge in [0, 0.05) is 12.2 Å². The van der Waals surface area contributed by atoms with Crippen LogP contribution in [0.5, 0.6) is 0 Å². The number of benzene rings is 1. The lowest BCUT2D eigenvalue weighted by Crippen LogP contribution is -2.53. The molecule has 1 aromatic carbocycles. The number of carbonyl (C=O) groups is 1. The van der Waals surface area contributed by atoms with Crippen molar-refractivity contribution in [2.45, 2.75) is 44.1 Å². The number of nitrogens with one attached hydrogen (secondary N) is 1. The van der Waals surface area contributed by atoms with E-state index < -0.39 is 74.7 Å². The van der Waals surface area contributed by atoms with E-state index in [1.165, 1.54) is 35.1 Å². The number of alkyl halides is 6. The molecule has 45 heavy (non-hydrogen) atoms. The minimum absolute atomic E-state index is 0.111. The molecule has 3 aromatic rings. The maximum atomic E-state index is 14.3. The molecule has 2 heterocycles. The summed E-state index contributed by atoms with van der Waals surface area (Å²) >= 11 is 0. The molecule has 5 rings (SSSR count). The summed E-state index contributed by atoms with van der Waals surface area (Å²) in [5.41, 5.74) is -1.93. The lowest BCUT2D eigenvalue weighted by Gasteiger charge is -2.46. The van der Waals surface area contributed by atoms with Gasteiger partial charge in [-0.05, 0) is 79.8 Å². The lowest BCUT2D eigenvalue weighted by molar-refractivity contribution is -0.140. The number of ketones is 1. The number of nitrogens with zero attached hydrogens (tertiary/aromatic N) is 4. The van der Waals surface area contributed by atoms with Crippen LogP contribution in [-0.2, 0) is 22.6 Å². The summed E-state index contributed by atoms with van der Waals surface area (Å²) in [6.45, 7) is 1.21. The molecule has 0 radical (unpaired) electrons. The Labute approximate surface area is 252 Å². The van der Waals surface area contributed by atoms with Crippen LogP contribution in [-0.4, -0.2) is 57.1 Å². The molecule has 238 valence electrons. The third-order valence-corrected chi connectivity index (χ3v) is 9.74. The first kappa shape index (κ1) is 32.2. The van der Waals surface area contributed by atoms with Crippen molar-refractivity contribution < 1.29 is 43.9 Å². The van der Waals surface area contributed by atoms with Crippen LogP contribution in [0.4, 0.5) is 30.7 Å².